The van der Waals surface area contributed by atoms with Crippen molar-refractivity contribution < 1.29 is 0 Å². The second-order valence-corrected chi connectivity index (χ2v) is 8.77. The Morgan fingerprint density at radius 3 is 2.26 bits per heavy atom. The first-order valence-electron chi connectivity index (χ1n) is 11.8. The van der Waals surface area contributed by atoms with Crippen LogP contribution in [0, 0.1) is 13.8 Å². The molecule has 0 radical (unpaired) electrons. The van der Waals surface area contributed by atoms with Gasteiger partial charge in [-0.25, -0.2) is 4.98 Å². The summed E-state index contributed by atoms with van der Waals surface area (Å²) in [4.78, 5) is 4.90. The van der Waals surface area contributed by atoms with E-state index in [0.29, 0.717) is 6.54 Å². The SMILES string of the molecule is C=C(NCc1ccc(CNc2cc(-c3ccccc3C)nc3c(C)cnn23)cc1)c1ccccc1. The van der Waals surface area contributed by atoms with E-state index in [0.717, 1.165) is 46.1 Å². The maximum atomic E-state index is 4.90. The molecule has 0 spiro atoms. The molecule has 2 N–H and O–H groups in total. The third kappa shape index (κ3) is 4.94. The predicted octanol–water partition coefficient (Wildman–Crippen LogP) is 6.39. The number of aromatic nitrogens is 3. The maximum Gasteiger partial charge on any atom is 0.160 e. The zero-order chi connectivity index (χ0) is 24.2. The fraction of sp³-hybridized carbons (Fsp3) is 0.133. The predicted molar refractivity (Wildman–Crippen MR) is 144 cm³/mol. The number of aryl methyl sites for hydroxylation is 2. The Kier molecular flexibility index (Phi) is 6.31. The number of nitrogens with zero attached hydrogens (tertiary/aromatic N) is 3. The van der Waals surface area contributed by atoms with Crippen LogP contribution in [-0.2, 0) is 13.1 Å². The monoisotopic (exact) mass is 459 g/mol. The van der Waals surface area contributed by atoms with Crippen molar-refractivity contribution in [3.05, 3.63) is 126 Å². The summed E-state index contributed by atoms with van der Waals surface area (Å²) in [6.07, 6.45) is 1.86. The van der Waals surface area contributed by atoms with Crippen molar-refractivity contribution in [1.29, 1.82) is 0 Å². The molecule has 2 heterocycles. The first-order chi connectivity index (χ1) is 17.1. The molecule has 0 saturated heterocycles. The lowest BCUT2D eigenvalue weighted by molar-refractivity contribution is 0.889. The van der Waals surface area contributed by atoms with Gasteiger partial charge in [-0.15, -0.1) is 0 Å². The zero-order valence-corrected chi connectivity index (χ0v) is 20.1. The van der Waals surface area contributed by atoms with E-state index in [4.69, 9.17) is 4.98 Å². The first-order valence-corrected chi connectivity index (χ1v) is 11.8. The molecule has 0 fully saturated rings. The fourth-order valence-electron chi connectivity index (χ4n) is 4.11. The summed E-state index contributed by atoms with van der Waals surface area (Å²) in [5, 5.41) is 11.5. The Bertz CT molecular complexity index is 1470. The van der Waals surface area contributed by atoms with Gasteiger partial charge < -0.3 is 10.6 Å². The van der Waals surface area contributed by atoms with E-state index in [9.17, 15) is 0 Å². The van der Waals surface area contributed by atoms with Gasteiger partial charge in [-0.2, -0.15) is 9.61 Å². The number of benzene rings is 3. The van der Waals surface area contributed by atoms with E-state index in [1.165, 1.54) is 16.7 Å². The molecule has 5 aromatic rings. The van der Waals surface area contributed by atoms with Crippen molar-refractivity contribution in [2.24, 2.45) is 0 Å². The van der Waals surface area contributed by atoms with Crippen LogP contribution in [0.3, 0.4) is 0 Å². The Morgan fingerprint density at radius 2 is 1.51 bits per heavy atom. The molecule has 0 atom stereocenters. The molecule has 5 nitrogen and oxygen atoms in total. The van der Waals surface area contributed by atoms with E-state index < -0.39 is 0 Å². The number of hydrogen-bond acceptors (Lipinski definition) is 4. The molecule has 5 rings (SSSR count). The van der Waals surface area contributed by atoms with E-state index in [1.807, 2.05) is 35.8 Å². The summed E-state index contributed by atoms with van der Waals surface area (Å²) >= 11 is 0. The normalized spacial score (nSPS) is 10.9. The third-order valence-electron chi connectivity index (χ3n) is 6.19. The van der Waals surface area contributed by atoms with Crippen LogP contribution in [-0.4, -0.2) is 14.6 Å². The zero-order valence-electron chi connectivity index (χ0n) is 20.1. The maximum absolute atomic E-state index is 4.90. The van der Waals surface area contributed by atoms with Gasteiger partial charge in [0.1, 0.15) is 5.82 Å². The van der Waals surface area contributed by atoms with Crippen molar-refractivity contribution in [1.82, 2.24) is 19.9 Å². The number of fused-ring (bicyclic) bond motifs is 1. The molecule has 174 valence electrons. The quantitative estimate of drug-likeness (QED) is 0.282. The highest BCUT2D eigenvalue weighted by atomic mass is 15.3. The molecule has 5 heteroatoms. The van der Waals surface area contributed by atoms with Crippen molar-refractivity contribution >= 4 is 17.2 Å². The van der Waals surface area contributed by atoms with E-state index in [-0.39, 0.29) is 0 Å². The molecule has 0 aliphatic carbocycles. The molecule has 0 aliphatic rings. The van der Waals surface area contributed by atoms with E-state index in [1.54, 1.807) is 0 Å². The summed E-state index contributed by atoms with van der Waals surface area (Å²) in [7, 11) is 0. The molecule has 0 aliphatic heterocycles. The number of nitrogens with one attached hydrogen (secondary N) is 2. The van der Waals surface area contributed by atoms with Crippen LogP contribution in [0.5, 0.6) is 0 Å². The Labute approximate surface area is 206 Å². The number of anilines is 1. The van der Waals surface area contributed by atoms with Gasteiger partial charge in [0.25, 0.3) is 0 Å². The lowest BCUT2D eigenvalue weighted by Gasteiger charge is -2.13. The minimum absolute atomic E-state index is 0.690. The summed E-state index contributed by atoms with van der Waals surface area (Å²) < 4.78 is 1.88. The molecular weight excluding hydrogens is 430 g/mol. The lowest BCUT2D eigenvalue weighted by atomic mass is 10.1. The first kappa shape index (κ1) is 22.4. The van der Waals surface area contributed by atoms with Gasteiger partial charge in [0, 0.05) is 36.0 Å². The Hall–Kier alpha value is -4.38. The minimum atomic E-state index is 0.690. The van der Waals surface area contributed by atoms with Gasteiger partial charge in [-0.3, -0.25) is 0 Å². The van der Waals surface area contributed by atoms with Crippen LogP contribution in [0.4, 0.5) is 5.82 Å². The van der Waals surface area contributed by atoms with Gasteiger partial charge in [-0.05, 0) is 36.1 Å². The molecule has 3 aromatic carbocycles. The lowest BCUT2D eigenvalue weighted by Crippen LogP contribution is -2.11. The molecular formula is C30H29N5. The second kappa shape index (κ2) is 9.85. The van der Waals surface area contributed by atoms with Crippen molar-refractivity contribution in [2.45, 2.75) is 26.9 Å². The smallest absolute Gasteiger partial charge is 0.160 e. The molecule has 0 amide bonds. The number of rotatable bonds is 8. The minimum Gasteiger partial charge on any atom is -0.381 e. The highest BCUT2D eigenvalue weighted by Crippen LogP contribution is 2.26. The van der Waals surface area contributed by atoms with Crippen LogP contribution in [0.15, 0.2) is 97.7 Å². The number of hydrogen-bond donors (Lipinski definition) is 2. The largest absolute Gasteiger partial charge is 0.381 e. The topological polar surface area (TPSA) is 54.2 Å². The van der Waals surface area contributed by atoms with Crippen LogP contribution in [0.1, 0.15) is 27.8 Å². The van der Waals surface area contributed by atoms with Gasteiger partial charge in [-0.1, -0.05) is 85.4 Å². The van der Waals surface area contributed by atoms with Crippen LogP contribution in [0.2, 0.25) is 0 Å². The van der Waals surface area contributed by atoms with Crippen LogP contribution >= 0.6 is 0 Å². The summed E-state index contributed by atoms with van der Waals surface area (Å²) in [5.74, 6) is 0.922. The Morgan fingerprint density at radius 1 is 0.829 bits per heavy atom. The van der Waals surface area contributed by atoms with Crippen LogP contribution in [0.25, 0.3) is 22.6 Å². The summed E-state index contributed by atoms with van der Waals surface area (Å²) in [6, 6.07) is 29.2. The van der Waals surface area contributed by atoms with Crippen molar-refractivity contribution in [3.63, 3.8) is 0 Å². The van der Waals surface area contributed by atoms with Gasteiger partial charge in [0.2, 0.25) is 0 Å². The average Bonchev–Trinajstić information content (AvgIpc) is 3.28. The van der Waals surface area contributed by atoms with Crippen molar-refractivity contribution in [2.75, 3.05) is 5.32 Å². The van der Waals surface area contributed by atoms with E-state index in [2.05, 4.69) is 96.0 Å². The standard InChI is InChI=1S/C30H29N5/c1-21-9-7-8-12-27(21)28-17-29(35-30(34-28)22(2)18-33-35)32-20-25-15-13-24(14-16-25)19-31-23(3)26-10-5-4-6-11-26/h4-18,31-32H,3,19-20H2,1-2H3. The summed E-state index contributed by atoms with van der Waals surface area (Å²) in [5.41, 5.74) is 9.64. The molecule has 0 bridgehead atoms. The highest BCUT2D eigenvalue weighted by molar-refractivity contribution is 5.70. The third-order valence-corrected chi connectivity index (χ3v) is 6.19. The molecule has 2 aromatic heterocycles. The fourth-order valence-corrected chi connectivity index (χ4v) is 4.11. The molecule has 35 heavy (non-hydrogen) atoms. The van der Waals surface area contributed by atoms with Gasteiger partial charge in [0.15, 0.2) is 5.65 Å². The highest BCUT2D eigenvalue weighted by Gasteiger charge is 2.12. The van der Waals surface area contributed by atoms with Crippen molar-refractivity contribution in [3.8, 4) is 11.3 Å². The van der Waals surface area contributed by atoms with Gasteiger partial charge >= 0.3 is 0 Å². The van der Waals surface area contributed by atoms with Gasteiger partial charge in [0.05, 0.1) is 11.9 Å². The molecule has 0 unspecified atom stereocenters. The van der Waals surface area contributed by atoms with Crippen LogP contribution < -0.4 is 10.6 Å². The van der Waals surface area contributed by atoms with E-state index >= 15 is 0 Å². The Balaban J connectivity index is 1.29. The second-order valence-electron chi connectivity index (χ2n) is 8.77. The summed E-state index contributed by atoms with van der Waals surface area (Å²) in [6.45, 7) is 9.73. The average molecular weight is 460 g/mol. The molecule has 0 saturated carbocycles.